The van der Waals surface area contributed by atoms with Crippen LogP contribution in [0.5, 0.6) is 0 Å². The van der Waals surface area contributed by atoms with Crippen molar-refractivity contribution in [2.45, 2.75) is 6.18 Å². The number of fused-ring (bicyclic) bond motifs is 1. The Balaban J connectivity index is 1.51. The van der Waals surface area contributed by atoms with E-state index in [2.05, 4.69) is 19.9 Å². The van der Waals surface area contributed by atoms with Crippen molar-refractivity contribution in [3.63, 3.8) is 0 Å². The Morgan fingerprint density at radius 2 is 1.52 bits per heavy atom. The SMILES string of the molecule is FC(F)(F)c1cc(N2CCN(c3nccn4ccnc34)CC2)ccn1. The molecule has 0 bridgehead atoms. The van der Waals surface area contributed by atoms with E-state index in [1.165, 1.54) is 6.20 Å². The zero-order chi connectivity index (χ0) is 17.4. The van der Waals surface area contributed by atoms with Gasteiger partial charge < -0.3 is 14.2 Å². The first-order chi connectivity index (χ1) is 12.0. The highest BCUT2D eigenvalue weighted by Gasteiger charge is 2.33. The first kappa shape index (κ1) is 15.7. The molecule has 1 fully saturated rings. The van der Waals surface area contributed by atoms with E-state index in [9.17, 15) is 13.2 Å². The van der Waals surface area contributed by atoms with Gasteiger partial charge in [-0.25, -0.2) is 9.97 Å². The molecule has 1 saturated heterocycles. The van der Waals surface area contributed by atoms with Gasteiger partial charge in [0.2, 0.25) is 0 Å². The molecule has 0 spiro atoms. The van der Waals surface area contributed by atoms with Crippen LogP contribution in [-0.4, -0.2) is 45.5 Å². The quantitative estimate of drug-likeness (QED) is 0.712. The number of hydrogen-bond donors (Lipinski definition) is 0. The average Bonchev–Trinajstić information content (AvgIpc) is 3.10. The van der Waals surface area contributed by atoms with Gasteiger partial charge in [0.05, 0.1) is 0 Å². The number of anilines is 2. The fourth-order valence-corrected chi connectivity index (χ4v) is 3.01. The number of piperazine rings is 1. The van der Waals surface area contributed by atoms with E-state index in [-0.39, 0.29) is 0 Å². The molecular formula is C16H15F3N6. The van der Waals surface area contributed by atoms with Crippen molar-refractivity contribution in [3.05, 3.63) is 48.8 Å². The third-order valence-corrected chi connectivity index (χ3v) is 4.27. The summed E-state index contributed by atoms with van der Waals surface area (Å²) in [4.78, 5) is 16.2. The van der Waals surface area contributed by atoms with Gasteiger partial charge in [0.15, 0.2) is 11.5 Å². The molecule has 0 aliphatic carbocycles. The number of imidazole rings is 1. The summed E-state index contributed by atoms with van der Waals surface area (Å²) in [5.74, 6) is 0.790. The summed E-state index contributed by atoms with van der Waals surface area (Å²) >= 11 is 0. The van der Waals surface area contributed by atoms with Gasteiger partial charge in [-0.15, -0.1) is 0 Å². The van der Waals surface area contributed by atoms with Crippen molar-refractivity contribution in [2.75, 3.05) is 36.0 Å². The summed E-state index contributed by atoms with van der Waals surface area (Å²) in [6.45, 7) is 2.52. The standard InChI is InChI=1S/C16H15F3N6/c17-16(18,19)13-11-12(1-2-20-13)23-7-9-25(10-8-23)15-14-21-3-5-24(14)6-4-22-15/h1-6,11H,7-10H2. The van der Waals surface area contributed by atoms with Crippen LogP contribution >= 0.6 is 0 Å². The maximum absolute atomic E-state index is 12.8. The second-order valence-corrected chi connectivity index (χ2v) is 5.78. The van der Waals surface area contributed by atoms with Crippen molar-refractivity contribution >= 4 is 17.2 Å². The maximum Gasteiger partial charge on any atom is 0.433 e. The number of hydrogen-bond acceptors (Lipinski definition) is 5. The molecule has 9 heteroatoms. The number of halogens is 3. The Morgan fingerprint density at radius 1 is 0.840 bits per heavy atom. The molecule has 0 radical (unpaired) electrons. The summed E-state index contributed by atoms with van der Waals surface area (Å²) in [6.07, 6.45) is 3.89. The highest BCUT2D eigenvalue weighted by molar-refractivity contribution is 5.64. The van der Waals surface area contributed by atoms with E-state index in [0.717, 1.165) is 17.5 Å². The first-order valence-electron chi connectivity index (χ1n) is 7.83. The molecular weight excluding hydrogens is 333 g/mol. The molecule has 0 unspecified atom stereocenters. The predicted molar refractivity (Wildman–Crippen MR) is 86.7 cm³/mol. The zero-order valence-electron chi connectivity index (χ0n) is 13.2. The minimum atomic E-state index is -4.43. The molecule has 0 amide bonds. The normalized spacial score (nSPS) is 15.8. The fraction of sp³-hybridized carbons (Fsp3) is 0.312. The summed E-state index contributed by atoms with van der Waals surface area (Å²) in [5.41, 5.74) is 0.449. The molecule has 0 N–H and O–H groups in total. The monoisotopic (exact) mass is 348 g/mol. The lowest BCUT2D eigenvalue weighted by Gasteiger charge is -2.36. The maximum atomic E-state index is 12.8. The molecule has 1 aliphatic heterocycles. The van der Waals surface area contributed by atoms with Crippen LogP contribution in [0.25, 0.3) is 5.65 Å². The van der Waals surface area contributed by atoms with Gasteiger partial charge in [0.25, 0.3) is 0 Å². The molecule has 1 aliphatic rings. The average molecular weight is 348 g/mol. The second kappa shape index (κ2) is 5.91. The Morgan fingerprint density at radius 3 is 2.24 bits per heavy atom. The van der Waals surface area contributed by atoms with Crippen LogP contribution in [0.1, 0.15) is 5.69 Å². The van der Waals surface area contributed by atoms with Crippen LogP contribution in [0, 0.1) is 0 Å². The van der Waals surface area contributed by atoms with Crippen LogP contribution in [0.3, 0.4) is 0 Å². The summed E-state index contributed by atoms with van der Waals surface area (Å²) in [7, 11) is 0. The van der Waals surface area contributed by atoms with Crippen LogP contribution in [0.4, 0.5) is 24.7 Å². The predicted octanol–water partition coefficient (Wildman–Crippen LogP) is 2.47. The Hall–Kier alpha value is -2.84. The zero-order valence-corrected chi connectivity index (χ0v) is 13.2. The number of alkyl halides is 3. The van der Waals surface area contributed by atoms with Gasteiger partial charge in [-0.05, 0) is 12.1 Å². The smallest absolute Gasteiger partial charge is 0.368 e. The molecule has 4 rings (SSSR count). The lowest BCUT2D eigenvalue weighted by Crippen LogP contribution is -2.47. The molecule has 3 aromatic rings. The van der Waals surface area contributed by atoms with Gasteiger partial charge in [0.1, 0.15) is 5.69 Å². The number of pyridine rings is 1. The third-order valence-electron chi connectivity index (χ3n) is 4.27. The minimum absolute atomic E-state index is 0.536. The molecule has 0 saturated carbocycles. The lowest BCUT2D eigenvalue weighted by atomic mass is 10.2. The Bertz CT molecular complexity index is 883. The highest BCUT2D eigenvalue weighted by atomic mass is 19.4. The van der Waals surface area contributed by atoms with Crippen molar-refractivity contribution in [1.82, 2.24) is 19.4 Å². The van der Waals surface area contributed by atoms with Crippen LogP contribution < -0.4 is 9.80 Å². The molecule has 6 nitrogen and oxygen atoms in total. The van der Waals surface area contributed by atoms with E-state index in [1.807, 2.05) is 21.7 Å². The van der Waals surface area contributed by atoms with Gasteiger partial charge in [-0.3, -0.25) is 4.98 Å². The van der Waals surface area contributed by atoms with Crippen molar-refractivity contribution in [3.8, 4) is 0 Å². The largest absolute Gasteiger partial charge is 0.433 e. The molecule has 0 aromatic carbocycles. The molecule has 130 valence electrons. The molecule has 3 aromatic heterocycles. The summed E-state index contributed by atoms with van der Waals surface area (Å²) < 4.78 is 40.4. The van der Waals surface area contributed by atoms with E-state index in [1.54, 1.807) is 18.5 Å². The van der Waals surface area contributed by atoms with Gasteiger partial charge in [-0.2, -0.15) is 13.2 Å². The Labute approximate surface area is 141 Å². The van der Waals surface area contributed by atoms with E-state index < -0.39 is 11.9 Å². The van der Waals surface area contributed by atoms with Crippen molar-refractivity contribution in [1.29, 1.82) is 0 Å². The summed E-state index contributed by atoms with van der Waals surface area (Å²) in [6, 6.07) is 2.71. The van der Waals surface area contributed by atoms with Crippen molar-refractivity contribution in [2.24, 2.45) is 0 Å². The number of nitrogens with zero attached hydrogens (tertiary/aromatic N) is 6. The van der Waals surface area contributed by atoms with Crippen LogP contribution in [-0.2, 0) is 6.18 Å². The molecule has 4 heterocycles. The number of aromatic nitrogens is 4. The summed E-state index contributed by atoms with van der Waals surface area (Å²) in [5, 5.41) is 0. The minimum Gasteiger partial charge on any atom is -0.368 e. The van der Waals surface area contributed by atoms with Crippen molar-refractivity contribution < 1.29 is 13.2 Å². The van der Waals surface area contributed by atoms with Gasteiger partial charge in [0, 0.05) is 62.9 Å². The van der Waals surface area contributed by atoms with Crippen LogP contribution in [0.15, 0.2) is 43.1 Å². The highest BCUT2D eigenvalue weighted by Crippen LogP contribution is 2.30. The second-order valence-electron chi connectivity index (χ2n) is 5.78. The third kappa shape index (κ3) is 2.97. The van der Waals surface area contributed by atoms with Gasteiger partial charge >= 0.3 is 6.18 Å². The first-order valence-corrected chi connectivity index (χ1v) is 7.83. The molecule has 25 heavy (non-hydrogen) atoms. The molecule has 0 atom stereocenters. The Kier molecular flexibility index (Phi) is 3.70. The van der Waals surface area contributed by atoms with E-state index in [4.69, 9.17) is 0 Å². The number of rotatable bonds is 2. The topological polar surface area (TPSA) is 49.6 Å². The lowest BCUT2D eigenvalue weighted by molar-refractivity contribution is -0.141. The van der Waals surface area contributed by atoms with Gasteiger partial charge in [-0.1, -0.05) is 0 Å². The fourth-order valence-electron chi connectivity index (χ4n) is 3.01. The van der Waals surface area contributed by atoms with E-state index in [0.29, 0.717) is 31.9 Å². The van der Waals surface area contributed by atoms with Crippen LogP contribution in [0.2, 0.25) is 0 Å². The van der Waals surface area contributed by atoms with E-state index >= 15 is 0 Å².